The Hall–Kier alpha value is -1.51. The number of rotatable bonds is 3. The number of carbonyl (C=O) groups excluding carboxylic acids is 1. The second-order valence-corrected chi connectivity index (χ2v) is 3.13. The van der Waals surface area contributed by atoms with Gasteiger partial charge in [-0.15, -0.1) is 0 Å². The number of anilines is 1. The zero-order valence-electron chi connectivity index (χ0n) is 8.66. The monoisotopic (exact) mass is 192 g/mol. The Morgan fingerprint density at radius 1 is 1.36 bits per heavy atom. The van der Waals surface area contributed by atoms with Crippen molar-refractivity contribution in [3.8, 4) is 0 Å². The number of amides is 2. The fraction of sp³-hybridized carbons (Fsp3) is 0.364. The first-order chi connectivity index (χ1) is 6.75. The molecule has 0 aliphatic heterocycles. The van der Waals surface area contributed by atoms with Crippen molar-refractivity contribution in [1.29, 1.82) is 0 Å². The number of hydrogen-bond acceptors (Lipinski definition) is 1. The molecule has 0 atom stereocenters. The highest BCUT2D eigenvalue weighted by Crippen LogP contribution is 2.10. The van der Waals surface area contributed by atoms with Crippen molar-refractivity contribution in [2.75, 3.05) is 18.5 Å². The summed E-state index contributed by atoms with van der Waals surface area (Å²) >= 11 is 0. The van der Waals surface area contributed by atoms with Crippen LogP contribution in [-0.2, 0) is 0 Å². The Balaban J connectivity index is 2.57. The molecule has 0 radical (unpaired) electrons. The predicted octanol–water partition coefficient (Wildman–Crippen LogP) is 2.24. The van der Waals surface area contributed by atoms with Crippen LogP contribution in [-0.4, -0.2) is 19.6 Å². The van der Waals surface area contributed by atoms with Gasteiger partial charge in [0.25, 0.3) is 0 Å². The van der Waals surface area contributed by atoms with Crippen LogP contribution in [0.15, 0.2) is 30.3 Å². The topological polar surface area (TPSA) is 32.3 Å². The van der Waals surface area contributed by atoms with E-state index in [9.17, 15) is 4.79 Å². The van der Waals surface area contributed by atoms with Crippen LogP contribution >= 0.6 is 0 Å². The summed E-state index contributed by atoms with van der Waals surface area (Å²) in [5, 5.41) is 2.82. The van der Waals surface area contributed by atoms with E-state index in [2.05, 4.69) is 5.32 Å². The van der Waals surface area contributed by atoms with Crippen molar-refractivity contribution in [3.63, 3.8) is 0 Å². The van der Waals surface area contributed by atoms with Gasteiger partial charge in [-0.05, 0) is 18.6 Å². The summed E-state index contributed by atoms with van der Waals surface area (Å²) < 4.78 is 0. The molecule has 1 aromatic carbocycles. The molecular formula is C11H16N2O. The van der Waals surface area contributed by atoms with Gasteiger partial charge < -0.3 is 5.32 Å². The molecule has 0 heterocycles. The lowest BCUT2D eigenvalue weighted by Crippen LogP contribution is -2.37. The van der Waals surface area contributed by atoms with Crippen molar-refractivity contribution in [2.45, 2.75) is 13.3 Å². The summed E-state index contributed by atoms with van der Waals surface area (Å²) in [6.07, 6.45) is 0.953. The van der Waals surface area contributed by atoms with Gasteiger partial charge >= 0.3 is 6.03 Å². The van der Waals surface area contributed by atoms with Gasteiger partial charge in [-0.1, -0.05) is 25.1 Å². The Morgan fingerprint density at radius 3 is 2.57 bits per heavy atom. The Bertz CT molecular complexity index is 285. The maximum absolute atomic E-state index is 11.5. The van der Waals surface area contributed by atoms with Crippen LogP contribution in [0.5, 0.6) is 0 Å². The smallest absolute Gasteiger partial charge is 0.321 e. The molecule has 1 aromatic rings. The van der Waals surface area contributed by atoms with E-state index >= 15 is 0 Å². The highest BCUT2D eigenvalue weighted by molar-refractivity contribution is 5.91. The van der Waals surface area contributed by atoms with Gasteiger partial charge in [0.05, 0.1) is 0 Å². The first-order valence-electron chi connectivity index (χ1n) is 4.82. The van der Waals surface area contributed by atoms with Crippen molar-refractivity contribution in [2.24, 2.45) is 0 Å². The van der Waals surface area contributed by atoms with E-state index in [1.807, 2.05) is 37.3 Å². The first kappa shape index (κ1) is 10.6. The highest BCUT2D eigenvalue weighted by Gasteiger charge is 2.07. The molecule has 2 amide bonds. The zero-order valence-corrected chi connectivity index (χ0v) is 8.66. The maximum atomic E-state index is 11.5. The fourth-order valence-corrected chi connectivity index (χ4v) is 1.12. The summed E-state index contributed by atoms with van der Waals surface area (Å²) in [7, 11) is 1.76. The molecule has 76 valence electrons. The van der Waals surface area contributed by atoms with Gasteiger partial charge in [0, 0.05) is 19.3 Å². The summed E-state index contributed by atoms with van der Waals surface area (Å²) in [4.78, 5) is 13.1. The molecule has 0 unspecified atom stereocenters. The molecule has 0 aromatic heterocycles. The van der Waals surface area contributed by atoms with Gasteiger partial charge in [-0.3, -0.25) is 4.90 Å². The Kier molecular flexibility index (Phi) is 3.98. The first-order valence-corrected chi connectivity index (χ1v) is 4.82. The van der Waals surface area contributed by atoms with E-state index in [-0.39, 0.29) is 6.03 Å². The SMILES string of the molecule is CCCNC(=O)N(C)c1ccccc1. The Labute approximate surface area is 84.7 Å². The van der Waals surface area contributed by atoms with Gasteiger partial charge in [-0.25, -0.2) is 4.79 Å². The molecule has 0 aliphatic rings. The molecule has 0 bridgehead atoms. The van der Waals surface area contributed by atoms with Crippen LogP contribution in [0.2, 0.25) is 0 Å². The van der Waals surface area contributed by atoms with E-state index in [4.69, 9.17) is 0 Å². The average molecular weight is 192 g/mol. The zero-order chi connectivity index (χ0) is 10.4. The third-order valence-corrected chi connectivity index (χ3v) is 1.97. The molecule has 0 aliphatic carbocycles. The van der Waals surface area contributed by atoms with Gasteiger partial charge in [0.15, 0.2) is 0 Å². The molecule has 0 saturated heterocycles. The van der Waals surface area contributed by atoms with Crippen LogP contribution < -0.4 is 10.2 Å². The number of carbonyl (C=O) groups is 1. The minimum absolute atomic E-state index is 0.0574. The van der Waals surface area contributed by atoms with Crippen molar-refractivity contribution < 1.29 is 4.79 Å². The lowest BCUT2D eigenvalue weighted by Gasteiger charge is -2.17. The number of urea groups is 1. The molecule has 0 spiro atoms. The molecule has 3 nitrogen and oxygen atoms in total. The number of para-hydroxylation sites is 1. The van der Waals surface area contributed by atoms with E-state index in [1.54, 1.807) is 11.9 Å². The quantitative estimate of drug-likeness (QED) is 0.782. The largest absolute Gasteiger partial charge is 0.338 e. The second kappa shape index (κ2) is 5.27. The summed E-state index contributed by atoms with van der Waals surface area (Å²) in [5.41, 5.74) is 0.904. The molecule has 1 N–H and O–H groups in total. The molecule has 3 heteroatoms. The summed E-state index contributed by atoms with van der Waals surface area (Å²) in [6.45, 7) is 2.75. The lowest BCUT2D eigenvalue weighted by molar-refractivity contribution is 0.247. The maximum Gasteiger partial charge on any atom is 0.321 e. The summed E-state index contributed by atoms with van der Waals surface area (Å²) in [5.74, 6) is 0. The highest BCUT2D eigenvalue weighted by atomic mass is 16.2. The molecular weight excluding hydrogens is 176 g/mol. The van der Waals surface area contributed by atoms with Crippen LogP contribution in [0.25, 0.3) is 0 Å². The van der Waals surface area contributed by atoms with Gasteiger partial charge in [-0.2, -0.15) is 0 Å². The standard InChI is InChI=1S/C11H16N2O/c1-3-9-12-11(14)13(2)10-7-5-4-6-8-10/h4-8H,3,9H2,1-2H3,(H,12,14). The van der Waals surface area contributed by atoms with Gasteiger partial charge in [0.1, 0.15) is 0 Å². The minimum Gasteiger partial charge on any atom is -0.338 e. The van der Waals surface area contributed by atoms with Crippen LogP contribution in [0.4, 0.5) is 10.5 Å². The predicted molar refractivity (Wildman–Crippen MR) is 58.5 cm³/mol. The molecule has 0 fully saturated rings. The average Bonchev–Trinajstić information content (AvgIpc) is 2.26. The van der Waals surface area contributed by atoms with E-state index < -0.39 is 0 Å². The van der Waals surface area contributed by atoms with Crippen molar-refractivity contribution in [1.82, 2.24) is 5.32 Å². The number of benzene rings is 1. The van der Waals surface area contributed by atoms with E-state index in [0.29, 0.717) is 0 Å². The minimum atomic E-state index is -0.0574. The lowest BCUT2D eigenvalue weighted by atomic mass is 10.3. The third kappa shape index (κ3) is 2.76. The Morgan fingerprint density at radius 2 is 2.00 bits per heavy atom. The van der Waals surface area contributed by atoms with Crippen molar-refractivity contribution in [3.05, 3.63) is 30.3 Å². The second-order valence-electron chi connectivity index (χ2n) is 3.13. The van der Waals surface area contributed by atoms with Crippen LogP contribution in [0.1, 0.15) is 13.3 Å². The van der Waals surface area contributed by atoms with Crippen LogP contribution in [0.3, 0.4) is 0 Å². The third-order valence-electron chi connectivity index (χ3n) is 1.97. The molecule has 0 saturated carbocycles. The van der Waals surface area contributed by atoms with Crippen LogP contribution in [0, 0.1) is 0 Å². The van der Waals surface area contributed by atoms with E-state index in [0.717, 1.165) is 18.7 Å². The van der Waals surface area contributed by atoms with E-state index in [1.165, 1.54) is 0 Å². The molecule has 14 heavy (non-hydrogen) atoms. The van der Waals surface area contributed by atoms with Crippen molar-refractivity contribution >= 4 is 11.7 Å². The number of nitrogens with zero attached hydrogens (tertiary/aromatic N) is 1. The molecule has 1 rings (SSSR count). The number of nitrogens with one attached hydrogen (secondary N) is 1. The summed E-state index contributed by atoms with van der Waals surface area (Å²) in [6, 6.07) is 9.52. The fourth-order valence-electron chi connectivity index (χ4n) is 1.12. The normalized spacial score (nSPS) is 9.57. The number of hydrogen-bond donors (Lipinski definition) is 1. The van der Waals surface area contributed by atoms with Gasteiger partial charge in [0.2, 0.25) is 0 Å².